The molecule has 1 atom stereocenters. The number of benzene rings is 1. The molecule has 0 bridgehead atoms. The first-order valence-electron chi connectivity index (χ1n) is 8.30. The summed E-state index contributed by atoms with van der Waals surface area (Å²) in [7, 11) is 0. The predicted octanol–water partition coefficient (Wildman–Crippen LogP) is 1.75. The summed E-state index contributed by atoms with van der Waals surface area (Å²) in [6.45, 7) is 0.499. The van der Waals surface area contributed by atoms with E-state index in [1.807, 2.05) is 12.1 Å². The molecule has 1 saturated heterocycles. The summed E-state index contributed by atoms with van der Waals surface area (Å²) in [6.07, 6.45) is 3.70. The number of amides is 3. The maximum absolute atomic E-state index is 12.4. The Labute approximate surface area is 154 Å². The van der Waals surface area contributed by atoms with Crippen LogP contribution in [0.15, 0.2) is 18.2 Å². The number of rotatable bonds is 4. The molecule has 2 N–H and O–H groups in total. The number of aromatic nitrogens is 1. The van der Waals surface area contributed by atoms with Gasteiger partial charge in [0.25, 0.3) is 0 Å². The molecule has 2 aliphatic rings. The standard InChI is InChI=1S/C18H18IN3O3/c23-10-20-9-11-3-4-14-13(8-11)12-2-1-7-19-17(12)22(14)15-5-6-16(24)21-18(15)25/h3-4,7-8,10,15H,1-2,5-6,9H2,(H,20,23)(H,21,24,25). The van der Waals surface area contributed by atoms with Gasteiger partial charge in [-0.25, -0.2) is 0 Å². The molecule has 2 aliphatic heterocycles. The van der Waals surface area contributed by atoms with Gasteiger partial charge in [0.15, 0.2) is 0 Å². The second kappa shape index (κ2) is 6.70. The highest BCUT2D eigenvalue weighted by Crippen LogP contribution is 2.38. The van der Waals surface area contributed by atoms with E-state index >= 15 is 0 Å². The van der Waals surface area contributed by atoms with Crippen LogP contribution >= 0.6 is 20.7 Å². The van der Waals surface area contributed by atoms with Crippen LogP contribution in [-0.2, 0) is 27.3 Å². The Morgan fingerprint density at radius 3 is 3.00 bits per heavy atom. The van der Waals surface area contributed by atoms with Crippen LogP contribution in [0.3, 0.4) is 0 Å². The second-order valence-corrected chi connectivity index (χ2v) is 8.78. The van der Waals surface area contributed by atoms with Gasteiger partial charge in [0, 0.05) is 23.9 Å². The Hall–Kier alpha value is -2.03. The molecule has 0 radical (unpaired) electrons. The van der Waals surface area contributed by atoms with E-state index in [1.54, 1.807) is 0 Å². The van der Waals surface area contributed by atoms with E-state index in [4.69, 9.17) is 0 Å². The topological polar surface area (TPSA) is 80.2 Å². The summed E-state index contributed by atoms with van der Waals surface area (Å²) >= 11 is -0.253. The molecule has 1 fully saturated rings. The van der Waals surface area contributed by atoms with Crippen molar-refractivity contribution < 1.29 is 14.4 Å². The summed E-state index contributed by atoms with van der Waals surface area (Å²) in [5.41, 5.74) is 3.45. The molecule has 7 heteroatoms. The third kappa shape index (κ3) is 2.90. The fourth-order valence-electron chi connectivity index (χ4n) is 3.58. The number of piperidine rings is 1. The predicted molar refractivity (Wildman–Crippen MR) is 103 cm³/mol. The number of carbonyl (C=O) groups excluding carboxylic acids is 3. The summed E-state index contributed by atoms with van der Waals surface area (Å²) in [5, 5.41) is 6.36. The highest BCUT2D eigenvalue weighted by Gasteiger charge is 2.32. The van der Waals surface area contributed by atoms with Crippen molar-refractivity contribution in [1.82, 2.24) is 15.2 Å². The van der Waals surface area contributed by atoms with E-state index in [9.17, 15) is 14.4 Å². The fraction of sp³-hybridized carbons (Fsp3) is 0.333. The number of halogens is 1. The lowest BCUT2D eigenvalue weighted by molar-refractivity contribution is -0.135. The molecule has 6 nitrogen and oxygen atoms in total. The molecule has 0 spiro atoms. The van der Waals surface area contributed by atoms with Crippen LogP contribution in [0.2, 0.25) is 0 Å². The molecule has 0 saturated carbocycles. The third-order valence-corrected chi connectivity index (χ3v) is 7.53. The van der Waals surface area contributed by atoms with Gasteiger partial charge >= 0.3 is 0 Å². The molecule has 0 aliphatic carbocycles. The summed E-state index contributed by atoms with van der Waals surface area (Å²) in [5.74, 6) is -0.382. The van der Waals surface area contributed by atoms with Crippen LogP contribution in [0.25, 0.3) is 10.9 Å². The number of hydrogen-bond acceptors (Lipinski definition) is 3. The van der Waals surface area contributed by atoms with Crippen LogP contribution in [0.1, 0.15) is 36.4 Å². The van der Waals surface area contributed by atoms with Crippen LogP contribution in [0, 0.1) is 3.70 Å². The Bertz CT molecular complexity index is 916. The van der Waals surface area contributed by atoms with Gasteiger partial charge in [-0.3, -0.25) is 19.7 Å². The van der Waals surface area contributed by atoms with Gasteiger partial charge in [0.1, 0.15) is 6.04 Å². The smallest absolute Gasteiger partial charge is 0.249 e. The fourth-order valence-corrected chi connectivity index (χ4v) is 6.45. The average Bonchev–Trinajstić information content (AvgIpc) is 2.94. The zero-order chi connectivity index (χ0) is 17.4. The minimum Gasteiger partial charge on any atom is -0.355 e. The number of imide groups is 1. The van der Waals surface area contributed by atoms with Gasteiger partial charge < -0.3 is 9.88 Å². The van der Waals surface area contributed by atoms with Crippen molar-refractivity contribution in [2.24, 2.45) is 0 Å². The molecule has 3 heterocycles. The van der Waals surface area contributed by atoms with Gasteiger partial charge in [-0.2, -0.15) is 0 Å². The minimum absolute atomic E-state index is 0.185. The molecular formula is C18H18IN3O3. The molecule has 2 aromatic rings. The first kappa shape index (κ1) is 16.4. The lowest BCUT2D eigenvalue weighted by Gasteiger charge is -2.25. The first-order chi connectivity index (χ1) is 12.2. The second-order valence-electron chi connectivity index (χ2n) is 6.26. The number of fused-ring (bicyclic) bond motifs is 3. The molecule has 1 unspecified atom stereocenters. The third-order valence-electron chi connectivity index (χ3n) is 4.70. The van der Waals surface area contributed by atoms with E-state index in [2.05, 4.69) is 25.3 Å². The van der Waals surface area contributed by atoms with Crippen LogP contribution in [0.4, 0.5) is 0 Å². The van der Waals surface area contributed by atoms with Crippen LogP contribution < -0.4 is 10.6 Å². The van der Waals surface area contributed by atoms with Gasteiger partial charge in [-0.1, -0.05) is 26.8 Å². The van der Waals surface area contributed by atoms with Crippen LogP contribution in [-0.4, -0.2) is 26.8 Å². The molecule has 1 aromatic carbocycles. The normalized spacial score (nSPS) is 19.9. The Balaban J connectivity index is 1.86. The van der Waals surface area contributed by atoms with E-state index in [0.717, 1.165) is 23.9 Å². The lowest BCUT2D eigenvalue weighted by Crippen LogP contribution is -2.42. The Morgan fingerprint density at radius 2 is 2.20 bits per heavy atom. The van der Waals surface area contributed by atoms with Crippen molar-refractivity contribution in [3.05, 3.63) is 33.0 Å². The summed E-state index contributed by atoms with van der Waals surface area (Å²) < 4.78 is 5.82. The maximum atomic E-state index is 12.4. The number of hydrogen-bond donors (Lipinski definition) is 2. The van der Waals surface area contributed by atoms with Gasteiger partial charge in [0.2, 0.25) is 18.2 Å². The van der Waals surface area contributed by atoms with Gasteiger partial charge in [-0.15, -0.1) is 0 Å². The highest BCUT2D eigenvalue weighted by molar-refractivity contribution is 14.2. The van der Waals surface area contributed by atoms with Crippen molar-refractivity contribution >= 4 is 53.9 Å². The number of carbonyl (C=O) groups is 3. The SMILES string of the molecule is O=CNCc1ccc2c(c1)c1c(n2C2CCC(=O)NC2=O)I=CCC1. The van der Waals surface area contributed by atoms with Crippen molar-refractivity contribution in [2.45, 2.75) is 38.3 Å². The number of aryl methyl sites for hydroxylation is 1. The molecule has 25 heavy (non-hydrogen) atoms. The molecule has 3 amide bonds. The Morgan fingerprint density at radius 1 is 1.32 bits per heavy atom. The maximum Gasteiger partial charge on any atom is 0.249 e. The van der Waals surface area contributed by atoms with Gasteiger partial charge in [0.05, 0.1) is 3.70 Å². The van der Waals surface area contributed by atoms with E-state index in [1.165, 1.54) is 14.7 Å². The number of nitrogens with zero attached hydrogens (tertiary/aromatic N) is 1. The number of nitrogens with one attached hydrogen (secondary N) is 2. The van der Waals surface area contributed by atoms with Crippen LogP contribution in [0.5, 0.6) is 0 Å². The molecule has 4 rings (SSSR count). The van der Waals surface area contributed by atoms with Crippen molar-refractivity contribution in [2.75, 3.05) is 0 Å². The van der Waals surface area contributed by atoms with E-state index in [-0.39, 0.29) is 38.6 Å². The average molecular weight is 451 g/mol. The minimum atomic E-state index is -0.311. The highest BCUT2D eigenvalue weighted by atomic mass is 127. The van der Waals surface area contributed by atoms with Crippen molar-refractivity contribution in [3.8, 4) is 0 Å². The monoisotopic (exact) mass is 451 g/mol. The van der Waals surface area contributed by atoms with E-state index in [0.29, 0.717) is 25.8 Å². The molecule has 130 valence electrons. The Kier molecular flexibility index (Phi) is 4.41. The van der Waals surface area contributed by atoms with E-state index < -0.39 is 0 Å². The first-order valence-corrected chi connectivity index (χ1v) is 10.6. The zero-order valence-electron chi connectivity index (χ0n) is 13.5. The van der Waals surface area contributed by atoms with Crippen molar-refractivity contribution in [3.63, 3.8) is 0 Å². The summed E-state index contributed by atoms with van der Waals surface area (Å²) in [4.78, 5) is 34.5. The molecular weight excluding hydrogens is 433 g/mol. The lowest BCUT2D eigenvalue weighted by atomic mass is 10.1. The van der Waals surface area contributed by atoms with Crippen molar-refractivity contribution in [1.29, 1.82) is 0 Å². The zero-order valence-corrected chi connectivity index (χ0v) is 15.7. The quantitative estimate of drug-likeness (QED) is 0.423. The molecule has 1 aromatic heterocycles. The largest absolute Gasteiger partial charge is 0.355 e. The van der Waals surface area contributed by atoms with Gasteiger partial charge in [-0.05, 0) is 46.5 Å². The summed E-state index contributed by atoms with van der Waals surface area (Å²) in [6, 6.07) is 5.86.